The molecule has 0 radical (unpaired) electrons. The average Bonchev–Trinajstić information content (AvgIpc) is 3.02. The lowest BCUT2D eigenvalue weighted by atomic mass is 10.2. The van der Waals surface area contributed by atoms with E-state index in [2.05, 4.69) is 6.07 Å². The van der Waals surface area contributed by atoms with Crippen molar-refractivity contribution in [3.05, 3.63) is 36.1 Å². The van der Waals surface area contributed by atoms with Crippen LogP contribution in [0.1, 0.15) is 32.6 Å². The van der Waals surface area contributed by atoms with Crippen LogP contribution in [0.5, 0.6) is 0 Å². The maximum atomic E-state index is 12.5. The number of furan rings is 1. The monoisotopic (exact) mass is 327 g/mol. The second-order valence-corrected chi connectivity index (χ2v) is 6.24. The van der Waals surface area contributed by atoms with Crippen LogP contribution in [0.4, 0.5) is 0 Å². The van der Waals surface area contributed by atoms with Crippen LogP contribution >= 0.6 is 0 Å². The quantitative estimate of drug-likeness (QED) is 0.781. The zero-order chi connectivity index (χ0) is 17.7. The van der Waals surface area contributed by atoms with Crippen molar-refractivity contribution in [3.8, 4) is 6.07 Å². The molecule has 0 saturated heterocycles. The highest BCUT2D eigenvalue weighted by Crippen LogP contribution is 2.26. The van der Waals surface area contributed by atoms with E-state index in [1.807, 2.05) is 63.1 Å². The Morgan fingerprint density at radius 3 is 2.67 bits per heavy atom. The number of carbonyl (C=O) groups is 1. The molecule has 0 aliphatic rings. The van der Waals surface area contributed by atoms with Crippen LogP contribution in [0.25, 0.3) is 11.0 Å². The highest BCUT2D eigenvalue weighted by Gasteiger charge is 2.21. The molecule has 1 aromatic carbocycles. The number of fused-ring (bicyclic) bond motifs is 1. The molecule has 0 fully saturated rings. The second kappa shape index (κ2) is 7.98. The number of benzene rings is 1. The first-order valence-electron chi connectivity index (χ1n) is 8.32. The smallest absolute Gasteiger partial charge is 0.236 e. The molecule has 0 saturated carbocycles. The highest BCUT2D eigenvalue weighted by molar-refractivity contribution is 5.79. The van der Waals surface area contributed by atoms with Crippen molar-refractivity contribution in [1.29, 1.82) is 5.26 Å². The zero-order valence-corrected chi connectivity index (χ0v) is 14.8. The summed E-state index contributed by atoms with van der Waals surface area (Å²) >= 11 is 0. The molecule has 2 rings (SSSR count). The molecule has 0 bridgehead atoms. The molecule has 128 valence electrons. The normalized spacial score (nSPS) is 13.7. The van der Waals surface area contributed by atoms with Crippen LogP contribution < -0.4 is 0 Å². The first-order valence-corrected chi connectivity index (χ1v) is 8.32. The van der Waals surface area contributed by atoms with E-state index in [1.165, 1.54) is 0 Å². The van der Waals surface area contributed by atoms with Gasteiger partial charge in [0, 0.05) is 18.5 Å². The number of likely N-dealkylation sites (N-methyl/N-ethyl adjacent to an activating group) is 2. The minimum atomic E-state index is -0.160. The number of nitriles is 1. The van der Waals surface area contributed by atoms with Crippen LogP contribution in [0, 0.1) is 17.2 Å². The van der Waals surface area contributed by atoms with Gasteiger partial charge in [0.15, 0.2) is 0 Å². The lowest BCUT2D eigenvalue weighted by molar-refractivity contribution is -0.132. The summed E-state index contributed by atoms with van der Waals surface area (Å²) in [6.07, 6.45) is 0. The SMILES string of the molecule is CCN(CC(C)C#N)C(=O)CN(C)C(C)c1cc2ccccc2o1. The molecule has 0 aliphatic carbocycles. The Labute approximate surface area is 143 Å². The standard InChI is InChI=1S/C19H25N3O2/c1-5-22(12-14(2)11-20)19(23)13-21(4)15(3)18-10-16-8-6-7-9-17(16)24-18/h6-10,14-15H,5,12-13H2,1-4H3. The number of para-hydroxylation sites is 1. The molecule has 2 atom stereocenters. The third kappa shape index (κ3) is 4.15. The average molecular weight is 327 g/mol. The van der Waals surface area contributed by atoms with Crippen molar-refractivity contribution in [3.63, 3.8) is 0 Å². The summed E-state index contributed by atoms with van der Waals surface area (Å²) in [4.78, 5) is 16.2. The van der Waals surface area contributed by atoms with Gasteiger partial charge in [-0.15, -0.1) is 0 Å². The van der Waals surface area contributed by atoms with Gasteiger partial charge in [0.25, 0.3) is 0 Å². The molecule has 1 aromatic heterocycles. The van der Waals surface area contributed by atoms with Gasteiger partial charge in [-0.3, -0.25) is 9.69 Å². The Kier molecular flexibility index (Phi) is 5.99. The summed E-state index contributed by atoms with van der Waals surface area (Å²) in [6.45, 7) is 7.17. The van der Waals surface area contributed by atoms with Crippen LogP contribution in [0.3, 0.4) is 0 Å². The first kappa shape index (κ1) is 18.0. The predicted molar refractivity (Wildman–Crippen MR) is 94.3 cm³/mol. The Morgan fingerprint density at radius 1 is 1.33 bits per heavy atom. The molecule has 1 amide bonds. The van der Waals surface area contributed by atoms with E-state index in [9.17, 15) is 4.79 Å². The van der Waals surface area contributed by atoms with Gasteiger partial charge in [-0.05, 0) is 40.0 Å². The van der Waals surface area contributed by atoms with E-state index in [4.69, 9.17) is 9.68 Å². The van der Waals surface area contributed by atoms with E-state index in [1.54, 1.807) is 4.90 Å². The maximum Gasteiger partial charge on any atom is 0.236 e. The van der Waals surface area contributed by atoms with Crippen molar-refractivity contribution in [2.24, 2.45) is 5.92 Å². The fraction of sp³-hybridized carbons (Fsp3) is 0.474. The van der Waals surface area contributed by atoms with E-state index < -0.39 is 0 Å². The second-order valence-electron chi connectivity index (χ2n) is 6.24. The van der Waals surface area contributed by atoms with Crippen LogP contribution in [-0.4, -0.2) is 42.4 Å². The van der Waals surface area contributed by atoms with E-state index >= 15 is 0 Å². The first-order chi connectivity index (χ1) is 11.5. The molecular weight excluding hydrogens is 302 g/mol. The largest absolute Gasteiger partial charge is 0.459 e. The van der Waals surface area contributed by atoms with Gasteiger partial charge in [0.1, 0.15) is 11.3 Å². The number of nitrogens with zero attached hydrogens (tertiary/aromatic N) is 3. The molecule has 5 nitrogen and oxygen atoms in total. The minimum absolute atomic E-state index is 0.00607. The van der Waals surface area contributed by atoms with Gasteiger partial charge in [-0.2, -0.15) is 5.26 Å². The molecule has 2 unspecified atom stereocenters. The molecule has 0 spiro atoms. The fourth-order valence-corrected chi connectivity index (χ4v) is 2.65. The summed E-state index contributed by atoms with van der Waals surface area (Å²) in [7, 11) is 1.91. The minimum Gasteiger partial charge on any atom is -0.459 e. The van der Waals surface area contributed by atoms with Crippen LogP contribution in [-0.2, 0) is 4.79 Å². The van der Waals surface area contributed by atoms with Crippen molar-refractivity contribution in [2.45, 2.75) is 26.8 Å². The third-order valence-corrected chi connectivity index (χ3v) is 4.35. The molecule has 0 aliphatic heterocycles. The lowest BCUT2D eigenvalue weighted by Gasteiger charge is -2.27. The molecular formula is C19H25N3O2. The highest BCUT2D eigenvalue weighted by atomic mass is 16.3. The Morgan fingerprint density at radius 2 is 2.04 bits per heavy atom. The molecule has 0 N–H and O–H groups in total. The summed E-state index contributed by atoms with van der Waals surface area (Å²) in [5.74, 6) is 0.719. The zero-order valence-electron chi connectivity index (χ0n) is 14.8. The Hall–Kier alpha value is -2.32. The van der Waals surface area contributed by atoms with Gasteiger partial charge >= 0.3 is 0 Å². The third-order valence-electron chi connectivity index (χ3n) is 4.35. The number of rotatable bonds is 7. The van der Waals surface area contributed by atoms with Crippen LogP contribution in [0.2, 0.25) is 0 Å². The fourth-order valence-electron chi connectivity index (χ4n) is 2.65. The molecule has 2 aromatic rings. The van der Waals surface area contributed by atoms with Crippen molar-refractivity contribution >= 4 is 16.9 Å². The van der Waals surface area contributed by atoms with E-state index in [-0.39, 0.29) is 17.9 Å². The summed E-state index contributed by atoms with van der Waals surface area (Å²) in [5.41, 5.74) is 0.858. The number of hydrogen-bond acceptors (Lipinski definition) is 4. The summed E-state index contributed by atoms with van der Waals surface area (Å²) in [6, 6.07) is 12.1. The number of hydrogen-bond donors (Lipinski definition) is 0. The Bertz CT molecular complexity index is 699. The molecule has 1 heterocycles. The van der Waals surface area contributed by atoms with Gasteiger partial charge in [-0.1, -0.05) is 18.2 Å². The van der Waals surface area contributed by atoms with Gasteiger partial charge in [0.2, 0.25) is 5.91 Å². The maximum absolute atomic E-state index is 12.5. The van der Waals surface area contributed by atoms with Crippen molar-refractivity contribution in [2.75, 3.05) is 26.7 Å². The molecule has 5 heteroatoms. The van der Waals surface area contributed by atoms with Crippen molar-refractivity contribution < 1.29 is 9.21 Å². The van der Waals surface area contributed by atoms with Gasteiger partial charge in [0.05, 0.1) is 24.6 Å². The topological polar surface area (TPSA) is 60.5 Å². The van der Waals surface area contributed by atoms with Crippen molar-refractivity contribution in [1.82, 2.24) is 9.80 Å². The predicted octanol–water partition coefficient (Wildman–Crippen LogP) is 3.43. The van der Waals surface area contributed by atoms with E-state index in [0.29, 0.717) is 19.6 Å². The van der Waals surface area contributed by atoms with Gasteiger partial charge < -0.3 is 9.32 Å². The molecule has 24 heavy (non-hydrogen) atoms. The number of carbonyl (C=O) groups excluding carboxylic acids is 1. The summed E-state index contributed by atoms with van der Waals surface area (Å²) in [5, 5.41) is 10.0. The van der Waals surface area contributed by atoms with Crippen LogP contribution in [0.15, 0.2) is 34.7 Å². The lowest BCUT2D eigenvalue weighted by Crippen LogP contribution is -2.41. The summed E-state index contributed by atoms with van der Waals surface area (Å²) < 4.78 is 5.89. The Balaban J connectivity index is 2.03. The number of amides is 1. The van der Waals surface area contributed by atoms with E-state index in [0.717, 1.165) is 16.7 Å². The van der Waals surface area contributed by atoms with Gasteiger partial charge in [-0.25, -0.2) is 0 Å².